The average Bonchev–Trinajstić information content (AvgIpc) is 3.24. The van der Waals surface area contributed by atoms with E-state index in [2.05, 4.69) is 39.6 Å². The second kappa shape index (κ2) is 8.92. The van der Waals surface area contributed by atoms with Crippen LogP contribution in [0.2, 0.25) is 0 Å². The fraction of sp³-hybridized carbons (Fsp3) is 0.560. The van der Waals surface area contributed by atoms with Gasteiger partial charge in [0.05, 0.1) is 28.6 Å². The summed E-state index contributed by atoms with van der Waals surface area (Å²) in [4.78, 5) is 28.5. The Morgan fingerprint density at radius 2 is 1.88 bits per heavy atom. The molecule has 0 spiro atoms. The lowest BCUT2D eigenvalue weighted by Crippen LogP contribution is -2.51. The van der Waals surface area contributed by atoms with Crippen molar-refractivity contribution in [3.63, 3.8) is 0 Å². The van der Waals surface area contributed by atoms with Crippen molar-refractivity contribution in [1.82, 2.24) is 20.4 Å². The van der Waals surface area contributed by atoms with Crippen LogP contribution in [0.3, 0.4) is 0 Å². The number of urea groups is 1. The van der Waals surface area contributed by atoms with Gasteiger partial charge in [0, 0.05) is 12.2 Å². The first-order valence-corrected chi connectivity index (χ1v) is 14.7. The van der Waals surface area contributed by atoms with Crippen LogP contribution in [0.5, 0.6) is 0 Å². The van der Waals surface area contributed by atoms with E-state index >= 15 is 0 Å². The minimum Gasteiger partial charge on any atom is -0.396 e. The Balaban J connectivity index is 1.52. The van der Waals surface area contributed by atoms with Crippen molar-refractivity contribution in [2.24, 2.45) is 0 Å². The van der Waals surface area contributed by atoms with E-state index in [9.17, 15) is 14.7 Å². The second-order valence-electron chi connectivity index (χ2n) is 10.6. The molecule has 0 saturated heterocycles. The van der Waals surface area contributed by atoms with Gasteiger partial charge in [-0.3, -0.25) is 9.89 Å². The molecule has 2 aromatic rings. The van der Waals surface area contributed by atoms with Crippen LogP contribution in [0.25, 0.3) is 0 Å². The number of benzene rings is 1. The summed E-state index contributed by atoms with van der Waals surface area (Å²) in [6.07, 6.45) is 9.93. The fourth-order valence-corrected chi connectivity index (χ4v) is 7.27. The van der Waals surface area contributed by atoms with Crippen LogP contribution in [-0.4, -0.2) is 62.3 Å². The summed E-state index contributed by atoms with van der Waals surface area (Å²) >= 11 is 0. The molecule has 1 aromatic heterocycles. The molecule has 2 aliphatic rings. The summed E-state index contributed by atoms with van der Waals surface area (Å²) in [6.45, 7) is 4.26. The molecule has 1 fully saturated rings. The number of aromatic amines is 1. The van der Waals surface area contributed by atoms with Crippen molar-refractivity contribution in [2.45, 2.75) is 62.4 Å². The molecule has 1 aliphatic heterocycles. The van der Waals surface area contributed by atoms with Gasteiger partial charge in [0.25, 0.3) is 0 Å². The van der Waals surface area contributed by atoms with E-state index in [1.807, 2.05) is 44.2 Å². The highest BCUT2D eigenvalue weighted by molar-refractivity contribution is 8.33. The minimum absolute atomic E-state index is 0.0279. The van der Waals surface area contributed by atoms with Crippen LogP contribution < -0.4 is 10.6 Å². The molecular formula is C25H37N5O3S. The molecule has 8 nitrogen and oxygen atoms in total. The zero-order valence-electron chi connectivity index (χ0n) is 20.8. The molecule has 1 aromatic carbocycles. The molecule has 0 unspecified atom stereocenters. The van der Waals surface area contributed by atoms with Crippen molar-refractivity contribution in [1.29, 1.82) is 0 Å². The zero-order valence-corrected chi connectivity index (χ0v) is 21.6. The first-order chi connectivity index (χ1) is 16.0. The molecule has 186 valence electrons. The molecule has 1 saturated carbocycles. The highest BCUT2D eigenvalue weighted by Crippen LogP contribution is 2.60. The number of hydrogen-bond acceptors (Lipinski definition) is 4. The lowest BCUT2D eigenvalue weighted by molar-refractivity contribution is -0.120. The number of hydrogen-bond donors (Lipinski definition) is 4. The number of aromatic nitrogens is 2. The number of nitrogens with zero attached hydrogens (tertiary/aromatic N) is 2. The Kier molecular flexibility index (Phi) is 6.46. The molecule has 1 atom stereocenters. The number of fused-ring (bicyclic) bond motifs is 1. The molecule has 0 radical (unpaired) electrons. The largest absolute Gasteiger partial charge is 0.396 e. The number of carbonyl (C=O) groups is 2. The molecule has 2 heterocycles. The van der Waals surface area contributed by atoms with Gasteiger partial charge >= 0.3 is 6.03 Å². The summed E-state index contributed by atoms with van der Waals surface area (Å²) in [5.41, 5.74) is 2.01. The number of amides is 3. The van der Waals surface area contributed by atoms with Crippen molar-refractivity contribution >= 4 is 27.8 Å². The summed E-state index contributed by atoms with van der Waals surface area (Å²) in [7, 11) is -1.08. The van der Waals surface area contributed by atoms with Crippen LogP contribution in [0.1, 0.15) is 62.4 Å². The summed E-state index contributed by atoms with van der Waals surface area (Å²) in [5.74, 6) is 0.566. The molecule has 4 N–H and O–H groups in total. The lowest BCUT2D eigenvalue weighted by atomic mass is 9.83. The topological polar surface area (TPSA) is 110 Å². The number of nitrogens with one attached hydrogen (secondary N) is 3. The maximum Gasteiger partial charge on any atom is 0.318 e. The van der Waals surface area contributed by atoms with E-state index in [-0.39, 0.29) is 29.3 Å². The number of H-pyrrole nitrogens is 1. The van der Waals surface area contributed by atoms with Gasteiger partial charge in [-0.05, 0) is 63.9 Å². The number of anilines is 1. The molecule has 0 bridgehead atoms. The normalized spacial score (nSPS) is 19.6. The average molecular weight is 488 g/mol. The van der Waals surface area contributed by atoms with Gasteiger partial charge in [0.1, 0.15) is 0 Å². The van der Waals surface area contributed by atoms with Crippen LogP contribution in [-0.2, 0) is 16.9 Å². The van der Waals surface area contributed by atoms with E-state index in [0.717, 1.165) is 36.1 Å². The quantitative estimate of drug-likeness (QED) is 0.475. The van der Waals surface area contributed by atoms with Gasteiger partial charge < -0.3 is 20.6 Å². The van der Waals surface area contributed by atoms with Crippen LogP contribution in [0, 0.1) is 0 Å². The van der Waals surface area contributed by atoms with Crippen molar-refractivity contribution < 1.29 is 14.7 Å². The van der Waals surface area contributed by atoms with Crippen LogP contribution in [0.4, 0.5) is 10.6 Å². The number of aliphatic hydroxyl groups excluding tert-OH is 1. The lowest BCUT2D eigenvalue weighted by Gasteiger charge is -2.53. The van der Waals surface area contributed by atoms with Crippen LogP contribution >= 0.6 is 10.0 Å². The first kappa shape index (κ1) is 24.6. The standard InChI is InChI=1S/C25H37N5O3S/c1-24(2)20-18(21(29-28-20)27-22(32)25(13-9-14-25)34(3,4)5)16-30(24)23(33)26-19(12-15-31)17-10-7-6-8-11-17/h6-8,10-11,19,31H,9,12-16H2,1-5H3,(H,26,33)(H2,27,28,29,32)/t19-/m1/s1. The van der Waals surface area contributed by atoms with E-state index in [0.29, 0.717) is 18.8 Å². The monoisotopic (exact) mass is 487 g/mol. The third-order valence-electron chi connectivity index (χ3n) is 7.61. The van der Waals surface area contributed by atoms with Gasteiger partial charge in [-0.2, -0.15) is 5.10 Å². The Morgan fingerprint density at radius 3 is 2.44 bits per heavy atom. The third kappa shape index (κ3) is 4.09. The van der Waals surface area contributed by atoms with Crippen molar-refractivity contribution in [3.8, 4) is 0 Å². The van der Waals surface area contributed by atoms with Gasteiger partial charge in [0.15, 0.2) is 5.82 Å². The number of carbonyl (C=O) groups excluding carboxylic acids is 2. The Morgan fingerprint density at radius 1 is 1.21 bits per heavy atom. The predicted molar refractivity (Wildman–Crippen MR) is 137 cm³/mol. The molecule has 1 aliphatic carbocycles. The predicted octanol–water partition coefficient (Wildman–Crippen LogP) is 3.85. The summed E-state index contributed by atoms with van der Waals surface area (Å²) in [5, 5.41) is 23.2. The smallest absolute Gasteiger partial charge is 0.318 e. The highest BCUT2D eigenvalue weighted by Gasteiger charge is 2.51. The van der Waals surface area contributed by atoms with E-state index in [1.54, 1.807) is 4.90 Å². The van der Waals surface area contributed by atoms with Crippen LogP contribution in [0.15, 0.2) is 30.3 Å². The molecular weight excluding hydrogens is 450 g/mol. The third-order valence-corrected chi connectivity index (χ3v) is 10.5. The molecule has 34 heavy (non-hydrogen) atoms. The summed E-state index contributed by atoms with van der Waals surface area (Å²) < 4.78 is -0.308. The Labute approximate surface area is 203 Å². The van der Waals surface area contributed by atoms with E-state index in [4.69, 9.17) is 0 Å². The number of aliphatic hydroxyl groups is 1. The van der Waals surface area contributed by atoms with Gasteiger partial charge in [-0.1, -0.05) is 30.3 Å². The Bertz CT molecular complexity index is 1060. The zero-order chi connectivity index (χ0) is 24.7. The van der Waals surface area contributed by atoms with Crippen molar-refractivity contribution in [2.75, 3.05) is 30.7 Å². The van der Waals surface area contributed by atoms with Gasteiger partial charge in [-0.25, -0.2) is 14.8 Å². The highest BCUT2D eigenvalue weighted by atomic mass is 32.3. The minimum atomic E-state index is -1.08. The number of rotatable bonds is 7. The SMILES string of the molecule is CC1(C)c2[nH]nc(NC(=O)C3(S(C)(C)C)CCC3)c2CN1C(=O)N[C@H](CCO)c1ccccc1. The molecule has 9 heteroatoms. The van der Waals surface area contributed by atoms with E-state index in [1.165, 1.54) is 0 Å². The summed E-state index contributed by atoms with van der Waals surface area (Å²) in [6, 6.07) is 9.15. The maximum atomic E-state index is 13.4. The van der Waals surface area contributed by atoms with Crippen molar-refractivity contribution in [3.05, 3.63) is 47.2 Å². The van der Waals surface area contributed by atoms with E-state index < -0.39 is 15.6 Å². The Hall–Kier alpha value is -2.52. The molecule has 4 rings (SSSR count). The maximum absolute atomic E-state index is 13.4. The van der Waals surface area contributed by atoms with Gasteiger partial charge in [0.2, 0.25) is 5.91 Å². The second-order valence-corrected chi connectivity index (χ2v) is 15.1. The molecule has 3 amide bonds. The first-order valence-electron chi connectivity index (χ1n) is 11.8. The fourth-order valence-electron chi connectivity index (χ4n) is 5.15. The van der Waals surface area contributed by atoms with Gasteiger partial charge in [-0.15, -0.1) is 0 Å².